The maximum Gasteiger partial charge on any atom is 0.241 e. The van der Waals surface area contributed by atoms with E-state index in [-0.39, 0.29) is 12.0 Å². The minimum Gasteiger partial charge on any atom is -0.371 e. The van der Waals surface area contributed by atoms with Crippen molar-refractivity contribution in [3.8, 4) is 0 Å². The highest BCUT2D eigenvalue weighted by Crippen LogP contribution is 2.23. The molecule has 1 aliphatic rings. The number of carbonyl (C=O) groups is 1. The molecule has 3 rings (SSSR count). The zero-order valence-corrected chi connectivity index (χ0v) is 15.0. The Morgan fingerprint density at radius 1 is 1.16 bits per heavy atom. The maximum absolute atomic E-state index is 12.9. The molecule has 2 aromatic rings. The van der Waals surface area contributed by atoms with E-state index in [4.69, 9.17) is 4.74 Å². The van der Waals surface area contributed by atoms with Crippen LogP contribution >= 0.6 is 0 Å². The topological polar surface area (TPSA) is 32.8 Å². The average Bonchev–Trinajstić information content (AvgIpc) is 2.65. The molecule has 1 fully saturated rings. The van der Waals surface area contributed by atoms with Crippen LogP contribution in [0.2, 0.25) is 0 Å². The van der Waals surface area contributed by atoms with Crippen LogP contribution in [0, 0.1) is 6.92 Å². The third-order valence-corrected chi connectivity index (χ3v) is 4.70. The van der Waals surface area contributed by atoms with Crippen LogP contribution in [0.5, 0.6) is 0 Å². The van der Waals surface area contributed by atoms with Crippen molar-refractivity contribution in [2.24, 2.45) is 0 Å². The van der Waals surface area contributed by atoms with Gasteiger partial charge in [-0.2, -0.15) is 0 Å². The van der Waals surface area contributed by atoms with Crippen LogP contribution in [0.15, 0.2) is 54.6 Å². The molecule has 2 aromatic carbocycles. The van der Waals surface area contributed by atoms with Crippen LogP contribution in [-0.4, -0.2) is 43.6 Å². The molecular formula is C21H26N2O2. The molecule has 4 heteroatoms. The molecule has 0 aliphatic carbocycles. The highest BCUT2D eigenvalue weighted by Gasteiger charge is 2.25. The molecule has 132 valence electrons. The maximum atomic E-state index is 12.9. The van der Waals surface area contributed by atoms with E-state index in [0.717, 1.165) is 24.3 Å². The minimum atomic E-state index is 0.0382. The number of aryl methyl sites for hydroxylation is 1. The van der Waals surface area contributed by atoms with Crippen LogP contribution in [-0.2, 0) is 9.53 Å². The first-order valence-electron chi connectivity index (χ1n) is 8.94. The Morgan fingerprint density at radius 3 is 2.60 bits per heavy atom. The summed E-state index contributed by atoms with van der Waals surface area (Å²) in [5.74, 6) is 0.144. The number of benzene rings is 2. The second-order valence-corrected chi connectivity index (χ2v) is 6.43. The fraction of sp³-hybridized carbons (Fsp3) is 0.381. The summed E-state index contributed by atoms with van der Waals surface area (Å²) in [5, 5.41) is 0. The quantitative estimate of drug-likeness (QED) is 0.837. The van der Waals surface area contributed by atoms with Gasteiger partial charge in [-0.1, -0.05) is 48.5 Å². The fourth-order valence-electron chi connectivity index (χ4n) is 3.34. The predicted octanol–water partition coefficient (Wildman–Crippen LogP) is 3.42. The monoisotopic (exact) mass is 338 g/mol. The zero-order valence-electron chi connectivity index (χ0n) is 15.0. The van der Waals surface area contributed by atoms with Crippen molar-refractivity contribution < 1.29 is 9.53 Å². The Morgan fingerprint density at radius 2 is 1.88 bits per heavy atom. The summed E-state index contributed by atoms with van der Waals surface area (Å²) in [6.07, 6.45) is 0.0382. The van der Waals surface area contributed by atoms with E-state index in [0.29, 0.717) is 19.7 Å². The number of ether oxygens (including phenoxy) is 1. The molecule has 1 heterocycles. The number of anilines is 1. The van der Waals surface area contributed by atoms with Crippen LogP contribution in [0.4, 0.5) is 5.69 Å². The molecule has 0 spiro atoms. The van der Waals surface area contributed by atoms with E-state index in [1.807, 2.05) is 61.2 Å². The van der Waals surface area contributed by atoms with Crippen molar-refractivity contribution in [2.45, 2.75) is 20.0 Å². The first-order valence-corrected chi connectivity index (χ1v) is 8.94. The summed E-state index contributed by atoms with van der Waals surface area (Å²) in [6.45, 7) is 7.37. The second kappa shape index (κ2) is 8.28. The van der Waals surface area contributed by atoms with Gasteiger partial charge in [0.25, 0.3) is 0 Å². The first kappa shape index (κ1) is 17.6. The third kappa shape index (κ3) is 4.27. The summed E-state index contributed by atoms with van der Waals surface area (Å²) in [5.41, 5.74) is 3.30. The largest absolute Gasteiger partial charge is 0.371 e. The van der Waals surface area contributed by atoms with Gasteiger partial charge in [-0.15, -0.1) is 0 Å². The normalized spacial score (nSPS) is 18.1. The highest BCUT2D eigenvalue weighted by atomic mass is 16.5. The molecule has 1 aliphatic heterocycles. The number of carbonyl (C=O) groups excluding carboxylic acids is 1. The number of rotatable bonds is 5. The van der Waals surface area contributed by atoms with Crippen LogP contribution < -0.4 is 4.90 Å². The van der Waals surface area contributed by atoms with E-state index >= 15 is 0 Å². The Kier molecular flexibility index (Phi) is 5.84. The van der Waals surface area contributed by atoms with Crippen LogP contribution in [0.25, 0.3) is 0 Å². The summed E-state index contributed by atoms with van der Waals surface area (Å²) in [6, 6.07) is 18.3. The zero-order chi connectivity index (χ0) is 17.6. The third-order valence-electron chi connectivity index (χ3n) is 4.70. The van der Waals surface area contributed by atoms with Gasteiger partial charge in [0.05, 0.1) is 19.3 Å². The number of likely N-dealkylation sites (N-methyl/N-ethyl adjacent to an activating group) is 1. The number of amides is 1. The molecule has 25 heavy (non-hydrogen) atoms. The molecule has 1 saturated heterocycles. The standard InChI is InChI=1S/C21H26N2O2/c1-3-23(19-12-8-7-9-17(19)2)21(24)16-22-13-14-25-20(15-22)18-10-5-4-6-11-18/h4-12,20H,3,13-16H2,1-2H3. The first-order chi connectivity index (χ1) is 12.2. The van der Waals surface area contributed by atoms with Gasteiger partial charge in [0, 0.05) is 25.3 Å². The van der Waals surface area contributed by atoms with E-state index < -0.39 is 0 Å². The number of hydrogen-bond acceptors (Lipinski definition) is 3. The average molecular weight is 338 g/mol. The van der Waals surface area contributed by atoms with Crippen LogP contribution in [0.3, 0.4) is 0 Å². The highest BCUT2D eigenvalue weighted by molar-refractivity contribution is 5.95. The molecule has 4 nitrogen and oxygen atoms in total. The van der Waals surface area contributed by atoms with Gasteiger partial charge >= 0.3 is 0 Å². The van der Waals surface area contributed by atoms with E-state index in [1.54, 1.807) is 0 Å². The summed E-state index contributed by atoms with van der Waals surface area (Å²) in [7, 11) is 0. The smallest absolute Gasteiger partial charge is 0.241 e. The Hall–Kier alpha value is -2.17. The van der Waals surface area contributed by atoms with Gasteiger partial charge in [-0.05, 0) is 31.0 Å². The lowest BCUT2D eigenvalue weighted by Crippen LogP contribution is -2.45. The molecular weight excluding hydrogens is 312 g/mol. The van der Waals surface area contributed by atoms with Gasteiger partial charge in [0.2, 0.25) is 5.91 Å². The molecule has 1 amide bonds. The van der Waals surface area contributed by atoms with Gasteiger partial charge in [0.15, 0.2) is 0 Å². The minimum absolute atomic E-state index is 0.0382. The van der Waals surface area contributed by atoms with Crippen molar-refractivity contribution in [2.75, 3.05) is 37.7 Å². The summed E-state index contributed by atoms with van der Waals surface area (Å²) < 4.78 is 5.90. The lowest BCUT2D eigenvalue weighted by atomic mass is 10.1. The molecule has 1 unspecified atom stereocenters. The van der Waals surface area contributed by atoms with E-state index in [2.05, 4.69) is 17.0 Å². The number of morpholine rings is 1. The molecule has 0 N–H and O–H groups in total. The lowest BCUT2D eigenvalue weighted by molar-refractivity contribution is -0.121. The molecule has 0 aromatic heterocycles. The van der Waals surface area contributed by atoms with Gasteiger partial charge in [0.1, 0.15) is 0 Å². The van der Waals surface area contributed by atoms with Crippen molar-refractivity contribution in [1.29, 1.82) is 0 Å². The Balaban J connectivity index is 1.66. The van der Waals surface area contributed by atoms with Crippen molar-refractivity contribution in [3.63, 3.8) is 0 Å². The second-order valence-electron chi connectivity index (χ2n) is 6.43. The Labute approximate surface area is 150 Å². The van der Waals surface area contributed by atoms with E-state index in [9.17, 15) is 4.79 Å². The molecule has 0 radical (unpaired) electrons. The van der Waals surface area contributed by atoms with Gasteiger partial charge in [-0.25, -0.2) is 0 Å². The molecule has 0 saturated carbocycles. The fourth-order valence-corrected chi connectivity index (χ4v) is 3.34. The predicted molar refractivity (Wildman–Crippen MR) is 101 cm³/mol. The van der Waals surface area contributed by atoms with E-state index in [1.165, 1.54) is 5.56 Å². The molecule has 0 bridgehead atoms. The van der Waals surface area contributed by atoms with Crippen molar-refractivity contribution >= 4 is 11.6 Å². The number of nitrogens with zero attached hydrogens (tertiary/aromatic N) is 2. The SMILES string of the molecule is CCN(C(=O)CN1CCOC(c2ccccc2)C1)c1ccccc1C. The number of hydrogen-bond donors (Lipinski definition) is 0. The molecule has 1 atom stereocenters. The van der Waals surface area contributed by atoms with Crippen molar-refractivity contribution in [1.82, 2.24) is 4.90 Å². The van der Waals surface area contributed by atoms with Gasteiger partial charge in [-0.3, -0.25) is 9.69 Å². The summed E-state index contributed by atoms with van der Waals surface area (Å²) >= 11 is 0. The summed E-state index contributed by atoms with van der Waals surface area (Å²) in [4.78, 5) is 17.0. The lowest BCUT2D eigenvalue weighted by Gasteiger charge is -2.34. The Bertz CT molecular complexity index is 702. The van der Waals surface area contributed by atoms with Crippen molar-refractivity contribution in [3.05, 3.63) is 65.7 Å². The van der Waals surface area contributed by atoms with Crippen LogP contribution in [0.1, 0.15) is 24.2 Å². The van der Waals surface area contributed by atoms with Gasteiger partial charge < -0.3 is 9.64 Å². The number of para-hydroxylation sites is 1.